The summed E-state index contributed by atoms with van der Waals surface area (Å²) in [5.74, 6) is -1.43. The molecule has 0 aliphatic rings. The zero-order valence-corrected chi connectivity index (χ0v) is 14.6. The van der Waals surface area contributed by atoms with Crippen LogP contribution in [0.2, 0.25) is 0 Å². The molecule has 0 spiro atoms. The van der Waals surface area contributed by atoms with E-state index < -0.39 is 11.6 Å². The molecule has 0 fully saturated rings. The Kier molecular flexibility index (Phi) is 5.49. The third-order valence-electron chi connectivity index (χ3n) is 3.14. The average molecular weight is 402 g/mol. The molecule has 0 N–H and O–H groups in total. The van der Waals surface area contributed by atoms with Crippen molar-refractivity contribution in [3.05, 3.63) is 62.8 Å². The third kappa shape index (κ3) is 3.95. The minimum Gasteiger partial charge on any atom is -0.278 e. The molecule has 0 amide bonds. The summed E-state index contributed by atoms with van der Waals surface area (Å²) >= 11 is 9.17. The van der Waals surface area contributed by atoms with Gasteiger partial charge in [-0.2, -0.15) is 0 Å². The van der Waals surface area contributed by atoms with E-state index in [0.29, 0.717) is 27.2 Å². The fourth-order valence-electron chi connectivity index (χ4n) is 1.91. The maximum Gasteiger partial charge on any atom is 0.219 e. The predicted molar refractivity (Wildman–Crippen MR) is 89.4 cm³/mol. The smallest absolute Gasteiger partial charge is 0.219 e. The fraction of sp³-hybridized carbons (Fsp3) is 0.125. The molecule has 0 saturated heterocycles. The Hall–Kier alpha value is -1.79. The second kappa shape index (κ2) is 7.19. The molecule has 3 nitrogen and oxygen atoms in total. The quantitative estimate of drug-likeness (QED) is 0.691. The summed E-state index contributed by atoms with van der Waals surface area (Å²) in [5, 5.41) is 0.441. The lowest BCUT2D eigenvalue weighted by Gasteiger charge is -2.09. The van der Waals surface area contributed by atoms with Crippen LogP contribution in [-0.2, 0) is 4.79 Å². The first-order valence-electron chi connectivity index (χ1n) is 6.53. The normalized spacial score (nSPS) is 13.0. The number of hydrogen-bond donors (Lipinski definition) is 0. The highest BCUT2D eigenvalue weighted by Crippen LogP contribution is 2.23. The fourth-order valence-corrected chi connectivity index (χ4v) is 2.40. The van der Waals surface area contributed by atoms with E-state index in [-0.39, 0.29) is 11.1 Å². The largest absolute Gasteiger partial charge is 0.278 e. The highest BCUT2D eigenvalue weighted by molar-refractivity contribution is 9.10. The third-order valence-corrected chi connectivity index (χ3v) is 3.84. The highest BCUT2D eigenvalue weighted by Gasteiger charge is 2.12. The molecule has 1 aromatic heterocycles. The van der Waals surface area contributed by atoms with Crippen LogP contribution in [0.4, 0.5) is 8.78 Å². The van der Waals surface area contributed by atoms with Crippen molar-refractivity contribution in [2.45, 2.75) is 13.8 Å². The van der Waals surface area contributed by atoms with Crippen LogP contribution in [0.3, 0.4) is 0 Å². The van der Waals surface area contributed by atoms with Crippen molar-refractivity contribution in [3.8, 4) is 11.1 Å². The number of nitrogens with zero attached hydrogens (tertiary/aromatic N) is 2. The van der Waals surface area contributed by atoms with Gasteiger partial charge in [0.25, 0.3) is 0 Å². The number of pyridine rings is 1. The van der Waals surface area contributed by atoms with Crippen molar-refractivity contribution >= 4 is 33.9 Å². The van der Waals surface area contributed by atoms with E-state index in [4.69, 9.17) is 11.6 Å². The van der Waals surface area contributed by atoms with E-state index in [0.717, 1.165) is 12.1 Å². The molecule has 2 rings (SSSR count). The van der Waals surface area contributed by atoms with E-state index in [1.807, 2.05) is 0 Å². The van der Waals surface area contributed by atoms with Crippen LogP contribution in [0, 0.1) is 11.6 Å². The number of allylic oxidation sites excluding steroid dienone is 2. The van der Waals surface area contributed by atoms with Crippen LogP contribution >= 0.6 is 27.5 Å². The minimum atomic E-state index is -0.749. The van der Waals surface area contributed by atoms with Gasteiger partial charge >= 0.3 is 0 Å². The van der Waals surface area contributed by atoms with Gasteiger partial charge in [-0.15, -0.1) is 0 Å². The number of halogens is 4. The van der Waals surface area contributed by atoms with Crippen LogP contribution in [0.15, 0.2) is 50.7 Å². The van der Waals surface area contributed by atoms with Gasteiger partial charge in [-0.1, -0.05) is 11.6 Å². The van der Waals surface area contributed by atoms with Crippen molar-refractivity contribution < 1.29 is 13.6 Å². The van der Waals surface area contributed by atoms with Crippen LogP contribution < -0.4 is 5.49 Å². The predicted octanol–water partition coefficient (Wildman–Crippen LogP) is 4.63. The lowest BCUT2D eigenvalue weighted by Crippen LogP contribution is -2.23. The second-order valence-electron chi connectivity index (χ2n) is 4.76. The molecular weight excluding hydrogens is 390 g/mol. The molecule has 23 heavy (non-hydrogen) atoms. The Morgan fingerprint density at radius 2 is 1.96 bits per heavy atom. The van der Waals surface area contributed by atoms with Gasteiger partial charge < -0.3 is 0 Å². The van der Waals surface area contributed by atoms with Gasteiger partial charge in [-0.3, -0.25) is 9.36 Å². The lowest BCUT2D eigenvalue weighted by atomic mass is 10.1. The Morgan fingerprint density at radius 1 is 1.26 bits per heavy atom. The van der Waals surface area contributed by atoms with E-state index in [1.54, 1.807) is 19.9 Å². The van der Waals surface area contributed by atoms with Gasteiger partial charge in [0.05, 0.1) is 5.70 Å². The topological polar surface area (TPSA) is 34.4 Å². The monoisotopic (exact) mass is 400 g/mol. The summed E-state index contributed by atoms with van der Waals surface area (Å²) < 4.78 is 29.0. The second-order valence-corrected chi connectivity index (χ2v) is 6.25. The van der Waals surface area contributed by atoms with E-state index in [1.165, 1.54) is 16.8 Å². The van der Waals surface area contributed by atoms with E-state index in [2.05, 4.69) is 20.9 Å². The maximum absolute atomic E-state index is 14.1. The molecule has 0 saturated carbocycles. The summed E-state index contributed by atoms with van der Waals surface area (Å²) in [6.07, 6.45) is 2.04. The number of carbonyl (C=O) groups excluding carboxylic acids is 1. The zero-order valence-electron chi connectivity index (χ0n) is 12.3. The van der Waals surface area contributed by atoms with Gasteiger partial charge in [0.1, 0.15) is 17.1 Å². The van der Waals surface area contributed by atoms with Gasteiger partial charge in [0.2, 0.25) is 6.41 Å². The number of hydrogen-bond acceptors (Lipinski definition) is 2. The van der Waals surface area contributed by atoms with Gasteiger partial charge in [-0.05, 0) is 48.0 Å². The molecule has 0 aliphatic heterocycles. The van der Waals surface area contributed by atoms with Crippen molar-refractivity contribution in [2.75, 3.05) is 0 Å². The molecule has 0 atom stereocenters. The number of aromatic nitrogens is 1. The molecule has 0 radical (unpaired) electrons. The summed E-state index contributed by atoms with van der Waals surface area (Å²) in [5.41, 5.74) is 1.14. The molecular formula is C16H12BrClF2N2O. The van der Waals surface area contributed by atoms with Crippen molar-refractivity contribution in [1.82, 2.24) is 4.57 Å². The molecule has 1 aromatic carbocycles. The summed E-state index contributed by atoms with van der Waals surface area (Å²) in [6.45, 7) is 3.33. The summed E-state index contributed by atoms with van der Waals surface area (Å²) in [7, 11) is 0. The zero-order chi connectivity index (χ0) is 17.1. The van der Waals surface area contributed by atoms with Gasteiger partial charge in [0, 0.05) is 32.9 Å². The molecule has 2 aromatic rings. The van der Waals surface area contributed by atoms with Gasteiger partial charge in [0.15, 0.2) is 0 Å². The molecule has 0 bridgehead atoms. The number of benzene rings is 1. The molecule has 0 unspecified atom stereocenters. The molecule has 1 heterocycles. The Bertz CT molecular complexity index is 871. The molecule has 120 valence electrons. The highest BCUT2D eigenvalue weighted by atomic mass is 79.9. The first-order valence-corrected chi connectivity index (χ1v) is 7.70. The number of carbonyl (C=O) groups is 1. The standard InChI is InChI=1S/C16H12BrClF2N2O/c1-9(18)10(2)21-16-14(5-11(17)7-22(16)8-23)13-4-3-12(19)6-15(13)20/h3-8H,1-2H3/b10-9+,21-16?. The summed E-state index contributed by atoms with van der Waals surface area (Å²) in [4.78, 5) is 15.6. The summed E-state index contributed by atoms with van der Waals surface area (Å²) in [6, 6.07) is 4.82. The van der Waals surface area contributed by atoms with Crippen LogP contribution in [-0.4, -0.2) is 11.0 Å². The van der Waals surface area contributed by atoms with Crippen LogP contribution in [0.1, 0.15) is 13.8 Å². The Balaban J connectivity index is 2.90. The minimum absolute atomic E-state index is 0.127. The van der Waals surface area contributed by atoms with E-state index in [9.17, 15) is 13.6 Å². The van der Waals surface area contributed by atoms with Crippen LogP contribution in [0.25, 0.3) is 11.1 Å². The van der Waals surface area contributed by atoms with Crippen molar-refractivity contribution in [2.24, 2.45) is 4.99 Å². The average Bonchev–Trinajstić information content (AvgIpc) is 2.48. The SMILES string of the molecule is C/C(Cl)=C(/C)N=c1c(-c2ccc(F)cc2F)cc(Br)cn1C=O. The Labute approximate surface area is 145 Å². The van der Waals surface area contributed by atoms with Gasteiger partial charge in [-0.25, -0.2) is 13.8 Å². The van der Waals surface area contributed by atoms with Crippen molar-refractivity contribution in [1.29, 1.82) is 0 Å². The molecule has 0 aliphatic carbocycles. The molecule has 7 heteroatoms. The van der Waals surface area contributed by atoms with Crippen LogP contribution in [0.5, 0.6) is 0 Å². The van der Waals surface area contributed by atoms with Crippen molar-refractivity contribution in [3.63, 3.8) is 0 Å². The maximum atomic E-state index is 14.1. The van der Waals surface area contributed by atoms with E-state index >= 15 is 0 Å². The number of rotatable bonds is 3. The lowest BCUT2D eigenvalue weighted by molar-refractivity contribution is 0.544. The first kappa shape index (κ1) is 17.6. The Morgan fingerprint density at radius 3 is 2.52 bits per heavy atom. The first-order chi connectivity index (χ1) is 10.8.